The molecule has 3 aromatic rings. The Bertz CT molecular complexity index is 1240. The number of nitrogens with zero attached hydrogens (tertiary/aromatic N) is 4. The Labute approximate surface area is 194 Å². The van der Waals surface area contributed by atoms with Crippen molar-refractivity contribution in [2.24, 2.45) is 5.10 Å². The van der Waals surface area contributed by atoms with Gasteiger partial charge in [-0.05, 0) is 35.7 Å². The number of ether oxygens (including phenoxy) is 2. The van der Waals surface area contributed by atoms with Crippen LogP contribution in [-0.2, 0) is 13.0 Å². The molecule has 3 rings (SSSR count). The minimum atomic E-state index is -0.552. The van der Waals surface area contributed by atoms with E-state index < -0.39 is 9.85 Å². The van der Waals surface area contributed by atoms with E-state index in [0.29, 0.717) is 29.0 Å². The first kappa shape index (κ1) is 23.9. The van der Waals surface area contributed by atoms with Gasteiger partial charge in [-0.25, -0.2) is 4.98 Å². The van der Waals surface area contributed by atoms with Crippen LogP contribution in [0.4, 0.5) is 17.2 Å². The van der Waals surface area contributed by atoms with Gasteiger partial charge in [-0.1, -0.05) is 18.2 Å². The summed E-state index contributed by atoms with van der Waals surface area (Å²) in [6.07, 6.45) is 5.05. The molecule has 0 radical (unpaired) electrons. The van der Waals surface area contributed by atoms with E-state index >= 15 is 0 Å². The van der Waals surface area contributed by atoms with Gasteiger partial charge >= 0.3 is 5.69 Å². The van der Waals surface area contributed by atoms with E-state index in [1.807, 2.05) is 6.07 Å². The lowest BCUT2D eigenvalue weighted by molar-refractivity contribution is -0.385. The molecule has 0 spiro atoms. The fourth-order valence-corrected chi connectivity index (χ4v) is 3.09. The van der Waals surface area contributed by atoms with Crippen LogP contribution in [0.15, 0.2) is 72.5 Å². The number of hydrogen-bond donors (Lipinski definition) is 1. The highest BCUT2D eigenvalue weighted by Gasteiger charge is 2.15. The number of rotatable bonds is 11. The molecule has 0 fully saturated rings. The molecule has 0 aliphatic carbocycles. The molecule has 34 heavy (non-hydrogen) atoms. The number of nitro benzene ring substituents is 1. The second-order valence-electron chi connectivity index (χ2n) is 6.92. The lowest BCUT2D eigenvalue weighted by atomic mass is 10.1. The van der Waals surface area contributed by atoms with Crippen LogP contribution < -0.4 is 14.9 Å². The van der Waals surface area contributed by atoms with Crippen molar-refractivity contribution < 1.29 is 19.3 Å². The molecule has 0 amide bonds. The Balaban J connectivity index is 1.83. The lowest BCUT2D eigenvalue weighted by Crippen LogP contribution is -2.03. The fourth-order valence-electron chi connectivity index (χ4n) is 3.09. The number of allylic oxidation sites excluding steroid dienone is 1. The van der Waals surface area contributed by atoms with E-state index in [-0.39, 0.29) is 23.8 Å². The maximum Gasteiger partial charge on any atom is 0.313 e. The van der Waals surface area contributed by atoms with Crippen molar-refractivity contribution in [3.8, 4) is 11.5 Å². The smallest absolute Gasteiger partial charge is 0.313 e. The molecule has 0 aliphatic heterocycles. The summed E-state index contributed by atoms with van der Waals surface area (Å²) in [4.78, 5) is 25.0. The lowest BCUT2D eigenvalue weighted by Gasteiger charge is -2.16. The first-order chi connectivity index (χ1) is 16.4. The predicted octanol–water partition coefficient (Wildman–Crippen LogP) is 4.66. The Morgan fingerprint density at radius 1 is 1.15 bits per heavy atom. The quantitative estimate of drug-likeness (QED) is 0.187. The second-order valence-corrected chi connectivity index (χ2v) is 6.92. The zero-order chi connectivity index (χ0) is 24.5. The summed E-state index contributed by atoms with van der Waals surface area (Å²) in [6, 6.07) is 12.5. The number of benzene rings is 2. The third-order valence-electron chi connectivity index (χ3n) is 4.61. The highest BCUT2D eigenvalue weighted by molar-refractivity contribution is 5.82. The minimum Gasteiger partial charge on any atom is -0.493 e. The predicted molar refractivity (Wildman–Crippen MR) is 126 cm³/mol. The Hall–Kier alpha value is -4.80. The number of methoxy groups -OCH3 is 1. The van der Waals surface area contributed by atoms with Crippen molar-refractivity contribution in [2.45, 2.75) is 13.0 Å². The van der Waals surface area contributed by atoms with E-state index in [9.17, 15) is 20.2 Å². The van der Waals surface area contributed by atoms with Gasteiger partial charge < -0.3 is 9.47 Å². The van der Waals surface area contributed by atoms with Crippen LogP contribution in [0.2, 0.25) is 0 Å². The maximum atomic E-state index is 11.1. The summed E-state index contributed by atoms with van der Waals surface area (Å²) in [5, 5.41) is 26.2. The Kier molecular flexibility index (Phi) is 7.84. The van der Waals surface area contributed by atoms with E-state index in [1.54, 1.807) is 24.3 Å². The van der Waals surface area contributed by atoms with E-state index in [4.69, 9.17) is 9.47 Å². The molecule has 0 aliphatic rings. The van der Waals surface area contributed by atoms with E-state index in [1.165, 1.54) is 43.8 Å². The summed E-state index contributed by atoms with van der Waals surface area (Å²) < 4.78 is 11.5. The molecule has 0 saturated heterocycles. The second kappa shape index (κ2) is 11.2. The maximum absolute atomic E-state index is 11.1. The third kappa shape index (κ3) is 5.91. The molecule has 11 nitrogen and oxygen atoms in total. The highest BCUT2D eigenvalue weighted by atomic mass is 16.6. The van der Waals surface area contributed by atoms with Gasteiger partial charge in [-0.15, -0.1) is 6.58 Å². The van der Waals surface area contributed by atoms with Gasteiger partial charge in [0.1, 0.15) is 6.61 Å². The zero-order valence-corrected chi connectivity index (χ0v) is 18.2. The molecule has 1 N–H and O–H groups in total. The molecule has 174 valence electrons. The number of pyridine rings is 1. The molecular formula is C23H21N5O6. The van der Waals surface area contributed by atoms with Crippen molar-refractivity contribution in [2.75, 3.05) is 12.5 Å². The number of aromatic nitrogens is 1. The number of anilines is 1. The van der Waals surface area contributed by atoms with Crippen molar-refractivity contribution in [1.29, 1.82) is 0 Å². The third-order valence-corrected chi connectivity index (χ3v) is 4.61. The van der Waals surface area contributed by atoms with Gasteiger partial charge in [0.15, 0.2) is 11.5 Å². The first-order valence-electron chi connectivity index (χ1n) is 9.99. The highest BCUT2D eigenvalue weighted by Crippen LogP contribution is 2.34. The average molecular weight is 463 g/mol. The minimum absolute atomic E-state index is 0.0129. The van der Waals surface area contributed by atoms with E-state index in [2.05, 4.69) is 22.1 Å². The van der Waals surface area contributed by atoms with Gasteiger partial charge in [0.2, 0.25) is 5.82 Å². The van der Waals surface area contributed by atoms with Crippen molar-refractivity contribution in [3.05, 3.63) is 104 Å². The number of nitro groups is 2. The molecule has 1 aromatic heterocycles. The molecular weight excluding hydrogens is 442 g/mol. The van der Waals surface area contributed by atoms with Gasteiger partial charge in [0.25, 0.3) is 5.69 Å². The van der Waals surface area contributed by atoms with Crippen molar-refractivity contribution >= 4 is 23.4 Å². The van der Waals surface area contributed by atoms with Crippen LogP contribution in [0, 0.1) is 20.2 Å². The topological polar surface area (TPSA) is 142 Å². The Morgan fingerprint density at radius 2 is 1.97 bits per heavy atom. The zero-order valence-electron chi connectivity index (χ0n) is 18.2. The summed E-state index contributed by atoms with van der Waals surface area (Å²) in [5.41, 5.74) is 4.38. The Morgan fingerprint density at radius 3 is 2.68 bits per heavy atom. The van der Waals surface area contributed by atoms with Crippen LogP contribution >= 0.6 is 0 Å². The normalized spacial score (nSPS) is 10.6. The molecule has 0 bridgehead atoms. The monoisotopic (exact) mass is 463 g/mol. The van der Waals surface area contributed by atoms with E-state index in [0.717, 1.165) is 5.56 Å². The number of non-ortho nitro benzene ring substituents is 1. The first-order valence-corrected chi connectivity index (χ1v) is 9.99. The largest absolute Gasteiger partial charge is 0.493 e. The molecule has 1 heterocycles. The molecule has 11 heteroatoms. The van der Waals surface area contributed by atoms with Crippen LogP contribution in [0.25, 0.3) is 0 Å². The van der Waals surface area contributed by atoms with Gasteiger partial charge in [-0.2, -0.15) is 5.10 Å². The van der Waals surface area contributed by atoms with Crippen LogP contribution in [0.1, 0.15) is 16.7 Å². The van der Waals surface area contributed by atoms with Gasteiger partial charge in [0.05, 0.1) is 23.2 Å². The molecule has 0 unspecified atom stereocenters. The molecule has 0 saturated carbocycles. The van der Waals surface area contributed by atoms with Crippen LogP contribution in [0.3, 0.4) is 0 Å². The summed E-state index contributed by atoms with van der Waals surface area (Å²) in [6.45, 7) is 3.87. The molecule has 2 aromatic carbocycles. The fraction of sp³-hybridized carbons (Fsp3) is 0.130. The summed E-state index contributed by atoms with van der Waals surface area (Å²) in [5.74, 6) is 0.911. The van der Waals surface area contributed by atoms with Crippen molar-refractivity contribution in [3.63, 3.8) is 0 Å². The average Bonchev–Trinajstić information content (AvgIpc) is 2.83. The molecule has 0 atom stereocenters. The SMILES string of the molecule is C=CCc1cc(/C=N\Nc2ncccc2[N+](=O)[O-])cc(OC)c1OCc1cccc([N+](=O)[O-])c1. The number of nitrogens with one attached hydrogen (secondary N) is 1. The summed E-state index contributed by atoms with van der Waals surface area (Å²) >= 11 is 0. The van der Waals surface area contributed by atoms with Crippen LogP contribution in [0.5, 0.6) is 11.5 Å². The number of hydrazone groups is 1. The van der Waals surface area contributed by atoms with Gasteiger partial charge in [-0.3, -0.25) is 25.7 Å². The van der Waals surface area contributed by atoms with Gasteiger partial charge in [0, 0.05) is 30.0 Å². The summed E-state index contributed by atoms with van der Waals surface area (Å²) in [7, 11) is 1.49. The standard InChI is InChI=1S/C23H21N5O6/c1-3-6-18-11-17(14-25-26-23-20(28(31)32)9-5-10-24-23)13-21(33-2)22(18)34-15-16-7-4-8-19(12-16)27(29)30/h3-5,7-14H,1,6,15H2,2H3,(H,24,26)/b25-14-. The number of hydrogen-bond acceptors (Lipinski definition) is 9. The van der Waals surface area contributed by atoms with Crippen molar-refractivity contribution in [1.82, 2.24) is 4.98 Å². The van der Waals surface area contributed by atoms with Crippen LogP contribution in [-0.4, -0.2) is 28.2 Å².